The Morgan fingerprint density at radius 3 is 2.79 bits per heavy atom. The minimum Gasteiger partial charge on any atom is -0.378 e. The molecule has 1 spiro atoms. The zero-order valence-electron chi connectivity index (χ0n) is 16.1. The van der Waals surface area contributed by atoms with Crippen LogP contribution >= 0.6 is 0 Å². The summed E-state index contributed by atoms with van der Waals surface area (Å²) in [7, 11) is 0. The Morgan fingerprint density at radius 2 is 2.14 bits per heavy atom. The van der Waals surface area contributed by atoms with E-state index in [4.69, 9.17) is 4.74 Å². The van der Waals surface area contributed by atoms with Crippen LogP contribution in [0.15, 0.2) is 35.1 Å². The second-order valence-corrected chi connectivity index (χ2v) is 7.65. The van der Waals surface area contributed by atoms with E-state index in [0.29, 0.717) is 12.3 Å². The number of carbonyl (C=O) groups is 1. The van der Waals surface area contributed by atoms with E-state index in [-0.39, 0.29) is 28.9 Å². The molecule has 2 aliphatic rings. The third-order valence-electron chi connectivity index (χ3n) is 6.15. The van der Waals surface area contributed by atoms with E-state index < -0.39 is 17.2 Å². The highest BCUT2D eigenvalue weighted by Gasteiger charge is 2.59. The molecule has 6 nitrogen and oxygen atoms in total. The number of amides is 1. The van der Waals surface area contributed by atoms with E-state index in [1.807, 2.05) is 6.92 Å². The van der Waals surface area contributed by atoms with E-state index in [0.717, 1.165) is 25.7 Å². The molecule has 2 aromatic rings. The molecule has 0 aliphatic heterocycles. The third-order valence-corrected chi connectivity index (χ3v) is 6.15. The van der Waals surface area contributed by atoms with Crippen LogP contribution in [-0.2, 0) is 4.74 Å². The van der Waals surface area contributed by atoms with Crippen molar-refractivity contribution in [2.75, 3.05) is 6.61 Å². The van der Waals surface area contributed by atoms with Gasteiger partial charge < -0.3 is 10.1 Å². The average molecular weight is 385 g/mol. The van der Waals surface area contributed by atoms with Crippen molar-refractivity contribution in [3.8, 4) is 5.69 Å². The highest BCUT2D eigenvalue weighted by molar-refractivity contribution is 5.92. The molecule has 0 radical (unpaired) electrons. The van der Waals surface area contributed by atoms with Crippen LogP contribution in [0.1, 0.15) is 48.8 Å². The predicted octanol–water partition coefficient (Wildman–Crippen LogP) is 2.76. The second-order valence-electron chi connectivity index (χ2n) is 7.65. The Hall–Kier alpha value is -2.54. The molecular formula is C21H24FN3O3. The van der Waals surface area contributed by atoms with Crippen LogP contribution in [0.5, 0.6) is 0 Å². The number of aryl methyl sites for hydroxylation is 1. The van der Waals surface area contributed by atoms with Gasteiger partial charge in [0.25, 0.3) is 5.91 Å². The van der Waals surface area contributed by atoms with Gasteiger partial charge in [0.15, 0.2) is 5.69 Å². The van der Waals surface area contributed by atoms with Crippen LogP contribution in [0, 0.1) is 18.2 Å². The van der Waals surface area contributed by atoms with Crippen LogP contribution in [0.2, 0.25) is 0 Å². The van der Waals surface area contributed by atoms with Crippen LogP contribution < -0.4 is 10.7 Å². The maximum absolute atomic E-state index is 14.2. The van der Waals surface area contributed by atoms with Crippen LogP contribution in [-0.4, -0.2) is 34.4 Å². The number of halogens is 1. The molecular weight excluding hydrogens is 361 g/mol. The SMILES string of the molecule is CCO[C@H]1C[C@@H](NC(=O)c2nn(-c3ccccc3F)c(C)cc2=O)C12CCC2. The number of benzene rings is 1. The lowest BCUT2D eigenvalue weighted by molar-refractivity contribution is -0.169. The number of hydrogen-bond donors (Lipinski definition) is 1. The maximum atomic E-state index is 14.2. The van der Waals surface area contributed by atoms with Crippen molar-refractivity contribution < 1.29 is 13.9 Å². The van der Waals surface area contributed by atoms with Crippen molar-refractivity contribution in [2.24, 2.45) is 5.41 Å². The van der Waals surface area contributed by atoms with Crippen molar-refractivity contribution in [3.63, 3.8) is 0 Å². The minimum atomic E-state index is -0.513. The first-order valence-corrected chi connectivity index (χ1v) is 9.74. The quantitative estimate of drug-likeness (QED) is 0.859. The van der Waals surface area contributed by atoms with E-state index in [2.05, 4.69) is 10.4 Å². The number of nitrogens with one attached hydrogen (secondary N) is 1. The zero-order chi connectivity index (χ0) is 19.9. The highest BCUT2D eigenvalue weighted by Crippen LogP contribution is 2.57. The van der Waals surface area contributed by atoms with Gasteiger partial charge in [-0.05, 0) is 45.2 Å². The number of rotatable bonds is 5. The van der Waals surface area contributed by atoms with Gasteiger partial charge in [0.05, 0.1) is 6.10 Å². The molecule has 2 atom stereocenters. The van der Waals surface area contributed by atoms with Crippen LogP contribution in [0.4, 0.5) is 4.39 Å². The number of carbonyl (C=O) groups excluding carboxylic acids is 1. The summed E-state index contributed by atoms with van der Waals surface area (Å²) in [6.45, 7) is 4.28. The molecule has 1 heterocycles. The standard InChI is InChI=1S/C21H24FN3O3/c1-3-28-18-12-17(21(18)9-6-10-21)23-20(27)19-16(26)11-13(2)25(24-19)15-8-5-4-7-14(15)22/h4-5,7-8,11,17-18H,3,6,9-10,12H2,1-2H3,(H,23,27)/t17-,18+/m1/s1. The molecule has 0 bridgehead atoms. The lowest BCUT2D eigenvalue weighted by atomic mass is 9.51. The van der Waals surface area contributed by atoms with Crippen molar-refractivity contribution in [1.29, 1.82) is 0 Å². The summed E-state index contributed by atoms with van der Waals surface area (Å²) in [5.41, 5.74) is -0.0400. The highest BCUT2D eigenvalue weighted by atomic mass is 19.1. The second kappa shape index (κ2) is 7.13. The van der Waals surface area contributed by atoms with E-state index in [1.54, 1.807) is 25.1 Å². The molecule has 148 valence electrons. The summed E-state index contributed by atoms with van der Waals surface area (Å²) in [5, 5.41) is 7.16. The van der Waals surface area contributed by atoms with Crippen molar-refractivity contribution in [1.82, 2.24) is 15.1 Å². The smallest absolute Gasteiger partial charge is 0.276 e. The molecule has 0 unspecified atom stereocenters. The van der Waals surface area contributed by atoms with Gasteiger partial charge >= 0.3 is 0 Å². The zero-order valence-corrected chi connectivity index (χ0v) is 16.1. The van der Waals surface area contributed by atoms with Gasteiger partial charge in [-0.1, -0.05) is 18.6 Å². The molecule has 7 heteroatoms. The van der Waals surface area contributed by atoms with Gasteiger partial charge in [-0.3, -0.25) is 9.59 Å². The largest absolute Gasteiger partial charge is 0.378 e. The topological polar surface area (TPSA) is 73.2 Å². The fourth-order valence-electron chi connectivity index (χ4n) is 4.44. The van der Waals surface area contributed by atoms with Crippen LogP contribution in [0.25, 0.3) is 5.69 Å². The fraction of sp³-hybridized carbons (Fsp3) is 0.476. The normalized spacial score (nSPS) is 22.4. The molecule has 1 amide bonds. The lowest BCUT2D eigenvalue weighted by Crippen LogP contribution is -2.67. The molecule has 28 heavy (non-hydrogen) atoms. The summed E-state index contributed by atoms with van der Waals surface area (Å²) in [6.07, 6.45) is 4.07. The summed E-state index contributed by atoms with van der Waals surface area (Å²) < 4.78 is 21.3. The maximum Gasteiger partial charge on any atom is 0.276 e. The lowest BCUT2D eigenvalue weighted by Gasteiger charge is -2.60. The first-order valence-electron chi connectivity index (χ1n) is 9.74. The molecule has 1 aromatic carbocycles. The third kappa shape index (κ3) is 2.94. The number of ether oxygens (including phenoxy) is 1. The predicted molar refractivity (Wildman–Crippen MR) is 102 cm³/mol. The summed E-state index contributed by atoms with van der Waals surface area (Å²) in [5.74, 6) is -0.985. The monoisotopic (exact) mass is 385 g/mol. The van der Waals surface area contributed by atoms with Crippen molar-refractivity contribution in [2.45, 2.75) is 51.7 Å². The number of aromatic nitrogens is 2. The van der Waals surface area contributed by atoms with Gasteiger partial charge in [0, 0.05) is 29.8 Å². The van der Waals surface area contributed by atoms with Crippen LogP contribution in [0.3, 0.4) is 0 Å². The van der Waals surface area contributed by atoms with Gasteiger partial charge in [-0.15, -0.1) is 0 Å². The van der Waals surface area contributed by atoms with Gasteiger partial charge in [-0.2, -0.15) is 5.10 Å². The number of hydrogen-bond acceptors (Lipinski definition) is 4. The summed E-state index contributed by atoms with van der Waals surface area (Å²) in [4.78, 5) is 25.2. The molecule has 1 N–H and O–H groups in total. The first-order chi connectivity index (χ1) is 13.5. The Morgan fingerprint density at radius 1 is 1.39 bits per heavy atom. The summed E-state index contributed by atoms with van der Waals surface area (Å²) in [6, 6.07) is 7.43. The van der Waals surface area contributed by atoms with Gasteiger partial charge in [0.2, 0.25) is 5.43 Å². The molecule has 4 rings (SSSR count). The first kappa shape index (κ1) is 18.8. The van der Waals surface area contributed by atoms with Gasteiger partial charge in [0.1, 0.15) is 11.5 Å². The van der Waals surface area contributed by atoms with E-state index in [1.165, 1.54) is 16.8 Å². The Bertz CT molecular complexity index is 968. The van der Waals surface area contributed by atoms with E-state index >= 15 is 0 Å². The van der Waals surface area contributed by atoms with Crippen molar-refractivity contribution >= 4 is 5.91 Å². The Balaban J connectivity index is 1.59. The minimum absolute atomic E-state index is 0.0130. The Kier molecular flexibility index (Phi) is 4.79. The molecule has 2 saturated carbocycles. The average Bonchev–Trinajstić information content (AvgIpc) is 2.60. The van der Waals surface area contributed by atoms with E-state index in [9.17, 15) is 14.0 Å². The molecule has 2 aliphatic carbocycles. The Labute approximate surface area is 162 Å². The molecule has 1 aromatic heterocycles. The number of para-hydroxylation sites is 1. The fourth-order valence-corrected chi connectivity index (χ4v) is 4.44. The molecule has 2 fully saturated rings. The van der Waals surface area contributed by atoms with Crippen molar-refractivity contribution in [3.05, 3.63) is 57.8 Å². The van der Waals surface area contributed by atoms with Gasteiger partial charge in [-0.25, -0.2) is 9.07 Å². The molecule has 0 saturated heterocycles. The number of nitrogens with zero attached hydrogens (tertiary/aromatic N) is 2. The summed E-state index contributed by atoms with van der Waals surface area (Å²) >= 11 is 0.